The van der Waals surface area contributed by atoms with Crippen molar-refractivity contribution in [1.29, 1.82) is 0 Å². The lowest BCUT2D eigenvalue weighted by molar-refractivity contribution is 0.0473. The summed E-state index contributed by atoms with van der Waals surface area (Å²) in [7, 11) is 0. The Balaban J connectivity index is 2.13. The molecule has 104 valence electrons. The molecule has 0 saturated carbocycles. The molecule has 2 N–H and O–H groups in total. The average Bonchev–Trinajstić information content (AvgIpc) is 2.42. The third-order valence-corrected chi connectivity index (χ3v) is 3.34. The van der Waals surface area contributed by atoms with Gasteiger partial charge in [0.05, 0.1) is 16.3 Å². The van der Waals surface area contributed by atoms with Crippen molar-refractivity contribution < 1.29 is 13.9 Å². The van der Waals surface area contributed by atoms with Crippen molar-refractivity contribution in [1.82, 2.24) is 0 Å². The van der Waals surface area contributed by atoms with E-state index in [1.54, 1.807) is 12.1 Å². The molecule has 0 fully saturated rings. The van der Waals surface area contributed by atoms with Gasteiger partial charge in [-0.25, -0.2) is 9.18 Å². The van der Waals surface area contributed by atoms with Crippen molar-refractivity contribution >= 4 is 34.9 Å². The Bertz CT molecular complexity index is 662. The number of esters is 1. The minimum atomic E-state index is -0.648. The zero-order valence-corrected chi connectivity index (χ0v) is 11.7. The molecule has 0 aliphatic carbocycles. The summed E-state index contributed by atoms with van der Waals surface area (Å²) in [6.45, 7) is -0.151. The van der Waals surface area contributed by atoms with Crippen molar-refractivity contribution in [2.75, 3.05) is 5.73 Å². The van der Waals surface area contributed by atoms with Crippen LogP contribution in [0.3, 0.4) is 0 Å². The first kappa shape index (κ1) is 14.6. The number of benzene rings is 2. The maximum atomic E-state index is 13.1. The summed E-state index contributed by atoms with van der Waals surface area (Å²) in [6.07, 6.45) is 0. The lowest BCUT2D eigenvalue weighted by atomic mass is 10.2. The molecule has 0 bridgehead atoms. The van der Waals surface area contributed by atoms with Gasteiger partial charge in [-0.2, -0.15) is 0 Å². The number of hydrogen-bond acceptors (Lipinski definition) is 3. The van der Waals surface area contributed by atoms with Crippen LogP contribution in [-0.2, 0) is 11.3 Å². The number of ether oxygens (including phenoxy) is 1. The Morgan fingerprint density at radius 3 is 2.70 bits per heavy atom. The Morgan fingerprint density at radius 2 is 1.95 bits per heavy atom. The van der Waals surface area contributed by atoms with E-state index in [1.807, 2.05) is 0 Å². The van der Waals surface area contributed by atoms with Gasteiger partial charge in [0.15, 0.2) is 0 Å². The van der Waals surface area contributed by atoms with E-state index in [2.05, 4.69) is 0 Å². The van der Waals surface area contributed by atoms with Crippen LogP contribution in [0.2, 0.25) is 10.0 Å². The second kappa shape index (κ2) is 6.11. The standard InChI is InChI=1S/C14H10Cl2FNO2/c15-11-5-4-9(17)6-8(11)7-20-14(19)10-2-1-3-12(16)13(10)18/h1-6H,7,18H2. The molecular formula is C14H10Cl2FNO2. The minimum Gasteiger partial charge on any atom is -0.457 e. The number of carbonyl (C=O) groups is 1. The SMILES string of the molecule is Nc1c(Cl)cccc1C(=O)OCc1cc(F)ccc1Cl. The molecule has 0 aliphatic rings. The maximum absolute atomic E-state index is 13.1. The molecule has 0 aromatic heterocycles. The van der Waals surface area contributed by atoms with Gasteiger partial charge in [0.1, 0.15) is 12.4 Å². The summed E-state index contributed by atoms with van der Waals surface area (Å²) in [4.78, 5) is 11.9. The van der Waals surface area contributed by atoms with Crippen LogP contribution in [0.5, 0.6) is 0 Å². The molecule has 0 spiro atoms. The molecule has 2 rings (SSSR count). The fourth-order valence-electron chi connectivity index (χ4n) is 1.59. The Labute approximate surface area is 125 Å². The number of nitrogen functional groups attached to an aromatic ring is 1. The highest BCUT2D eigenvalue weighted by Crippen LogP contribution is 2.24. The van der Waals surface area contributed by atoms with Crippen molar-refractivity contribution in [2.45, 2.75) is 6.61 Å². The molecule has 0 aliphatic heterocycles. The van der Waals surface area contributed by atoms with Crippen molar-refractivity contribution in [3.63, 3.8) is 0 Å². The van der Waals surface area contributed by atoms with Gasteiger partial charge in [-0.05, 0) is 30.3 Å². The maximum Gasteiger partial charge on any atom is 0.340 e. The highest BCUT2D eigenvalue weighted by molar-refractivity contribution is 6.33. The monoisotopic (exact) mass is 313 g/mol. The number of anilines is 1. The first-order valence-corrected chi connectivity index (χ1v) is 6.39. The third-order valence-electron chi connectivity index (χ3n) is 2.64. The summed E-state index contributed by atoms with van der Waals surface area (Å²) >= 11 is 11.7. The van der Waals surface area contributed by atoms with E-state index in [-0.39, 0.29) is 22.9 Å². The predicted molar refractivity (Wildman–Crippen MR) is 76.4 cm³/mol. The first-order chi connectivity index (χ1) is 9.49. The third kappa shape index (κ3) is 3.21. The van der Waals surface area contributed by atoms with E-state index < -0.39 is 11.8 Å². The molecule has 2 aromatic carbocycles. The number of halogens is 3. The van der Waals surface area contributed by atoms with Gasteiger partial charge in [-0.1, -0.05) is 29.3 Å². The van der Waals surface area contributed by atoms with Crippen LogP contribution in [0.15, 0.2) is 36.4 Å². The molecular weight excluding hydrogens is 304 g/mol. The fourth-order valence-corrected chi connectivity index (χ4v) is 1.94. The van der Waals surface area contributed by atoms with Gasteiger partial charge in [0.25, 0.3) is 0 Å². The summed E-state index contributed by atoms with van der Waals surface area (Å²) in [5.74, 6) is -1.10. The quantitative estimate of drug-likeness (QED) is 0.686. The number of carbonyl (C=O) groups excluding carboxylic acids is 1. The van der Waals surface area contributed by atoms with Crippen LogP contribution in [0.1, 0.15) is 15.9 Å². The van der Waals surface area contributed by atoms with E-state index in [9.17, 15) is 9.18 Å². The number of rotatable bonds is 3. The van der Waals surface area contributed by atoms with Crippen LogP contribution in [-0.4, -0.2) is 5.97 Å². The largest absolute Gasteiger partial charge is 0.457 e. The molecule has 2 aromatic rings. The highest BCUT2D eigenvalue weighted by Gasteiger charge is 2.14. The molecule has 0 unspecified atom stereocenters. The molecule has 0 amide bonds. The normalized spacial score (nSPS) is 10.3. The smallest absolute Gasteiger partial charge is 0.340 e. The van der Waals surface area contributed by atoms with Gasteiger partial charge in [-0.15, -0.1) is 0 Å². The van der Waals surface area contributed by atoms with Crippen LogP contribution in [0, 0.1) is 5.82 Å². The molecule has 0 heterocycles. The fraction of sp³-hybridized carbons (Fsp3) is 0.0714. The van der Waals surface area contributed by atoms with E-state index in [0.29, 0.717) is 10.6 Å². The molecule has 6 heteroatoms. The van der Waals surface area contributed by atoms with Crippen LogP contribution >= 0.6 is 23.2 Å². The van der Waals surface area contributed by atoms with E-state index in [4.69, 9.17) is 33.7 Å². The molecule has 0 saturated heterocycles. The second-order valence-corrected chi connectivity index (χ2v) is 4.83. The lowest BCUT2D eigenvalue weighted by Crippen LogP contribution is -2.08. The Hall–Kier alpha value is -1.78. The van der Waals surface area contributed by atoms with Crippen LogP contribution in [0.25, 0.3) is 0 Å². The van der Waals surface area contributed by atoms with Gasteiger partial charge >= 0.3 is 5.97 Å². The first-order valence-electron chi connectivity index (χ1n) is 5.64. The number of para-hydroxylation sites is 1. The number of hydrogen-bond donors (Lipinski definition) is 1. The van der Waals surface area contributed by atoms with Gasteiger partial charge in [0.2, 0.25) is 0 Å². The van der Waals surface area contributed by atoms with E-state index in [1.165, 1.54) is 24.3 Å². The summed E-state index contributed by atoms with van der Waals surface area (Å²) in [5, 5.41) is 0.585. The molecule has 20 heavy (non-hydrogen) atoms. The summed E-state index contributed by atoms with van der Waals surface area (Å²) < 4.78 is 18.1. The van der Waals surface area contributed by atoms with Crippen LogP contribution < -0.4 is 5.73 Å². The van der Waals surface area contributed by atoms with Gasteiger partial charge in [-0.3, -0.25) is 0 Å². The Kier molecular flexibility index (Phi) is 4.47. The molecule has 3 nitrogen and oxygen atoms in total. The van der Waals surface area contributed by atoms with Crippen molar-refractivity contribution in [3.8, 4) is 0 Å². The molecule has 0 radical (unpaired) electrons. The minimum absolute atomic E-state index is 0.143. The van der Waals surface area contributed by atoms with Gasteiger partial charge < -0.3 is 10.5 Å². The average molecular weight is 314 g/mol. The lowest BCUT2D eigenvalue weighted by Gasteiger charge is -2.09. The molecule has 0 atom stereocenters. The zero-order valence-electron chi connectivity index (χ0n) is 10.2. The van der Waals surface area contributed by atoms with Gasteiger partial charge in [0, 0.05) is 10.6 Å². The van der Waals surface area contributed by atoms with Crippen LogP contribution in [0.4, 0.5) is 10.1 Å². The van der Waals surface area contributed by atoms with Crippen molar-refractivity contribution in [2.24, 2.45) is 0 Å². The highest BCUT2D eigenvalue weighted by atomic mass is 35.5. The van der Waals surface area contributed by atoms with E-state index in [0.717, 1.165) is 0 Å². The second-order valence-electron chi connectivity index (χ2n) is 4.01. The number of nitrogens with two attached hydrogens (primary N) is 1. The summed E-state index contributed by atoms with van der Waals surface area (Å²) in [5.41, 5.74) is 6.36. The van der Waals surface area contributed by atoms with Crippen molar-refractivity contribution in [3.05, 3.63) is 63.4 Å². The van der Waals surface area contributed by atoms with E-state index >= 15 is 0 Å². The predicted octanol–water partition coefficient (Wildman–Crippen LogP) is 4.07. The summed E-state index contributed by atoms with van der Waals surface area (Å²) in [6, 6.07) is 8.48. The Morgan fingerprint density at radius 1 is 1.20 bits per heavy atom. The zero-order chi connectivity index (χ0) is 14.7. The topological polar surface area (TPSA) is 52.3 Å².